The molecule has 3 aromatic rings. The Balaban J connectivity index is 1.56. The molecule has 1 aliphatic rings. The van der Waals surface area contributed by atoms with Crippen molar-refractivity contribution in [1.29, 1.82) is 0 Å². The summed E-state index contributed by atoms with van der Waals surface area (Å²) in [6, 6.07) is 2.83. The molecule has 1 aliphatic heterocycles. The minimum absolute atomic E-state index is 0.0211. The van der Waals surface area contributed by atoms with E-state index in [-0.39, 0.29) is 4.90 Å². The molecule has 4 heterocycles. The Labute approximate surface area is 163 Å². The van der Waals surface area contributed by atoms with Crippen LogP contribution in [0.1, 0.15) is 18.5 Å². The van der Waals surface area contributed by atoms with Gasteiger partial charge in [-0.15, -0.1) is 0 Å². The van der Waals surface area contributed by atoms with Crippen molar-refractivity contribution < 1.29 is 13.2 Å². The van der Waals surface area contributed by atoms with Crippen molar-refractivity contribution in [2.24, 2.45) is 11.7 Å². The molecular weight excluding hydrogens is 391 g/mol. The summed E-state index contributed by atoms with van der Waals surface area (Å²) in [5.74, 6) is 1.20. The summed E-state index contributed by atoms with van der Waals surface area (Å²) < 4.78 is 39.4. The van der Waals surface area contributed by atoms with Crippen LogP contribution in [-0.4, -0.2) is 44.6 Å². The van der Waals surface area contributed by atoms with Crippen LogP contribution in [0.3, 0.4) is 0 Å². The van der Waals surface area contributed by atoms with E-state index in [2.05, 4.69) is 29.8 Å². The van der Waals surface area contributed by atoms with Gasteiger partial charge in [0.2, 0.25) is 5.95 Å². The van der Waals surface area contributed by atoms with E-state index in [1.165, 1.54) is 18.3 Å². The van der Waals surface area contributed by atoms with Crippen molar-refractivity contribution in [2.45, 2.75) is 28.9 Å². The predicted molar refractivity (Wildman–Crippen MR) is 99.0 cm³/mol. The number of H-pyrrole nitrogens is 1. The Bertz CT molecular complexity index is 967. The first kappa shape index (κ1) is 18.9. The molecule has 28 heavy (non-hydrogen) atoms. The Morgan fingerprint density at radius 3 is 2.71 bits per heavy atom. The van der Waals surface area contributed by atoms with Crippen molar-refractivity contribution in [3.05, 3.63) is 30.2 Å². The van der Waals surface area contributed by atoms with Gasteiger partial charge in [0, 0.05) is 24.2 Å². The number of fused-ring (bicyclic) bond motifs is 1. The molecule has 0 bridgehead atoms. The van der Waals surface area contributed by atoms with Crippen molar-refractivity contribution in [3.8, 4) is 0 Å². The molecule has 1 fully saturated rings. The van der Waals surface area contributed by atoms with Crippen molar-refractivity contribution in [2.75, 3.05) is 24.5 Å². The molecule has 1 saturated heterocycles. The van der Waals surface area contributed by atoms with Crippen LogP contribution < -0.4 is 10.6 Å². The number of nitrogens with one attached hydrogen (secondary N) is 1. The number of hydrogen-bond donors (Lipinski definition) is 2. The molecule has 7 nitrogen and oxygen atoms in total. The zero-order valence-corrected chi connectivity index (χ0v) is 15.6. The molecule has 3 aromatic heterocycles. The van der Waals surface area contributed by atoms with Gasteiger partial charge in [-0.1, -0.05) is 11.8 Å². The molecule has 0 amide bonds. The number of hydrogen-bond acceptors (Lipinski definition) is 7. The highest BCUT2D eigenvalue weighted by Gasteiger charge is 2.35. The van der Waals surface area contributed by atoms with Gasteiger partial charge in [-0.3, -0.25) is 4.98 Å². The number of pyridine rings is 1. The van der Waals surface area contributed by atoms with Crippen molar-refractivity contribution >= 4 is 29.0 Å². The van der Waals surface area contributed by atoms with E-state index in [0.29, 0.717) is 34.7 Å². The van der Waals surface area contributed by atoms with E-state index in [1.54, 1.807) is 0 Å². The van der Waals surface area contributed by atoms with Gasteiger partial charge in [0.05, 0.1) is 6.20 Å². The fraction of sp³-hybridized carbons (Fsp3) is 0.412. The van der Waals surface area contributed by atoms with Gasteiger partial charge in [0.15, 0.2) is 17.0 Å². The molecule has 4 rings (SSSR count). The predicted octanol–water partition coefficient (Wildman–Crippen LogP) is 3.09. The molecule has 3 N–H and O–H groups in total. The van der Waals surface area contributed by atoms with Gasteiger partial charge in [-0.05, 0) is 37.4 Å². The summed E-state index contributed by atoms with van der Waals surface area (Å²) in [6.45, 7) is 2.37. The summed E-state index contributed by atoms with van der Waals surface area (Å²) in [7, 11) is 0. The Hall–Kier alpha value is -2.40. The van der Waals surface area contributed by atoms with Crippen LogP contribution in [0, 0.1) is 5.92 Å². The molecule has 0 unspecified atom stereocenters. The maximum atomic E-state index is 13.1. The largest absolute Gasteiger partial charge is 0.434 e. The number of alkyl halides is 3. The SMILES string of the molecule is NCC1CCN(c2nc3ncc(Sc4cccnc4C(F)(F)F)nc3[nH]2)CC1. The smallest absolute Gasteiger partial charge is 0.342 e. The summed E-state index contributed by atoms with van der Waals surface area (Å²) in [5.41, 5.74) is 5.67. The van der Waals surface area contributed by atoms with Gasteiger partial charge in [-0.2, -0.15) is 18.2 Å². The monoisotopic (exact) mass is 409 g/mol. The Morgan fingerprint density at radius 1 is 1.21 bits per heavy atom. The lowest BCUT2D eigenvalue weighted by molar-refractivity contribution is -0.143. The molecule has 148 valence electrons. The number of halogens is 3. The molecule has 0 spiro atoms. The zero-order valence-electron chi connectivity index (χ0n) is 14.8. The first-order valence-corrected chi connectivity index (χ1v) is 9.63. The normalized spacial score (nSPS) is 16.1. The van der Waals surface area contributed by atoms with Gasteiger partial charge in [-0.25, -0.2) is 9.97 Å². The maximum Gasteiger partial charge on any atom is 0.434 e. The van der Waals surface area contributed by atoms with Crippen LogP contribution >= 0.6 is 11.8 Å². The molecule has 11 heteroatoms. The highest BCUT2D eigenvalue weighted by atomic mass is 32.2. The number of nitrogens with zero attached hydrogens (tertiary/aromatic N) is 5. The third-order valence-corrected chi connectivity index (χ3v) is 5.63. The van der Waals surface area contributed by atoms with Crippen LogP contribution in [-0.2, 0) is 6.18 Å². The number of piperidine rings is 1. The quantitative estimate of drug-likeness (QED) is 0.683. The third kappa shape index (κ3) is 3.90. The van der Waals surface area contributed by atoms with Gasteiger partial charge in [0.25, 0.3) is 0 Å². The van der Waals surface area contributed by atoms with E-state index in [9.17, 15) is 13.2 Å². The maximum absolute atomic E-state index is 13.1. The number of anilines is 1. The zero-order chi connectivity index (χ0) is 19.7. The fourth-order valence-corrected chi connectivity index (χ4v) is 4.02. The summed E-state index contributed by atoms with van der Waals surface area (Å²) in [6.07, 6.45) is 0.00753. The Kier molecular flexibility index (Phi) is 5.11. The first-order chi connectivity index (χ1) is 13.4. The summed E-state index contributed by atoms with van der Waals surface area (Å²) in [5, 5.41) is 0.336. The first-order valence-electron chi connectivity index (χ1n) is 8.82. The lowest BCUT2D eigenvalue weighted by Crippen LogP contribution is -2.36. The second kappa shape index (κ2) is 7.55. The van der Waals surface area contributed by atoms with Crippen LogP contribution in [0.25, 0.3) is 11.3 Å². The molecule has 0 atom stereocenters. The lowest BCUT2D eigenvalue weighted by Gasteiger charge is -2.30. The number of rotatable bonds is 4. The fourth-order valence-electron chi connectivity index (χ4n) is 3.14. The van der Waals surface area contributed by atoms with Crippen LogP contribution in [0.4, 0.5) is 19.1 Å². The molecule has 0 aliphatic carbocycles. The topological polar surface area (TPSA) is 96.6 Å². The molecule has 0 aromatic carbocycles. The highest BCUT2D eigenvalue weighted by molar-refractivity contribution is 7.99. The van der Waals surface area contributed by atoms with Gasteiger partial charge >= 0.3 is 6.18 Å². The third-order valence-electron chi connectivity index (χ3n) is 4.67. The van der Waals surface area contributed by atoms with E-state index in [1.807, 2.05) is 0 Å². The average Bonchev–Trinajstić information content (AvgIpc) is 3.11. The Morgan fingerprint density at radius 2 is 2.00 bits per heavy atom. The second-order valence-electron chi connectivity index (χ2n) is 6.56. The number of aromatic nitrogens is 5. The standard InChI is InChI=1S/C17H18F3N7S/c18-17(19,20)13-11(2-1-5-22-13)28-12-9-23-14-15(24-12)26-16(25-14)27-6-3-10(8-21)4-7-27/h1-2,5,9-10H,3-4,6-8,21H2,(H,23,24,25,26). The van der Waals surface area contributed by atoms with Crippen molar-refractivity contribution in [3.63, 3.8) is 0 Å². The van der Waals surface area contributed by atoms with Gasteiger partial charge in [0.1, 0.15) is 5.03 Å². The number of imidazole rings is 1. The van der Waals surface area contributed by atoms with E-state index >= 15 is 0 Å². The second-order valence-corrected chi connectivity index (χ2v) is 7.62. The minimum Gasteiger partial charge on any atom is -0.342 e. The van der Waals surface area contributed by atoms with Crippen molar-refractivity contribution in [1.82, 2.24) is 24.9 Å². The number of aromatic amines is 1. The lowest BCUT2D eigenvalue weighted by atomic mass is 9.97. The molecular formula is C17H18F3N7S. The van der Waals surface area contributed by atoms with Gasteiger partial charge < -0.3 is 15.6 Å². The average molecular weight is 409 g/mol. The van der Waals surface area contributed by atoms with E-state index in [4.69, 9.17) is 5.73 Å². The van der Waals surface area contributed by atoms with Crippen LogP contribution in [0.2, 0.25) is 0 Å². The van der Waals surface area contributed by atoms with E-state index < -0.39 is 11.9 Å². The molecule has 0 saturated carbocycles. The summed E-state index contributed by atoms with van der Waals surface area (Å²) in [4.78, 5) is 21.8. The number of nitrogens with two attached hydrogens (primary N) is 1. The van der Waals surface area contributed by atoms with Crippen LogP contribution in [0.5, 0.6) is 0 Å². The molecule has 0 radical (unpaired) electrons. The minimum atomic E-state index is -4.53. The van der Waals surface area contributed by atoms with E-state index in [0.717, 1.165) is 43.9 Å². The van der Waals surface area contributed by atoms with Crippen LogP contribution in [0.15, 0.2) is 34.4 Å². The summed E-state index contributed by atoms with van der Waals surface area (Å²) >= 11 is 0.873. The highest BCUT2D eigenvalue weighted by Crippen LogP contribution is 2.37.